The van der Waals surface area contributed by atoms with Gasteiger partial charge in [-0.2, -0.15) is 0 Å². The molecule has 1 aromatic rings. The number of thiol groups is 1. The molecule has 0 unspecified atom stereocenters. The number of aromatic nitrogens is 2. The Morgan fingerprint density at radius 2 is 2.57 bits per heavy atom. The van der Waals surface area contributed by atoms with Gasteiger partial charge >= 0.3 is 0 Å². The summed E-state index contributed by atoms with van der Waals surface area (Å²) < 4.78 is 0. The molecule has 0 bridgehead atoms. The lowest BCUT2D eigenvalue weighted by Crippen LogP contribution is -1.74. The van der Waals surface area contributed by atoms with Crippen molar-refractivity contribution in [2.75, 3.05) is 0 Å². The Morgan fingerprint density at radius 3 is 2.86 bits per heavy atom. The van der Waals surface area contributed by atoms with Gasteiger partial charge in [0.25, 0.3) is 0 Å². The molecule has 1 radical (unpaired) electrons. The normalized spacial score (nSPS) is 8.71. The smallest absolute Gasteiger partial charge is 0.116 e. The van der Waals surface area contributed by atoms with E-state index in [0.29, 0.717) is 5.03 Å². The summed E-state index contributed by atoms with van der Waals surface area (Å²) >= 11 is 3.88. The van der Waals surface area contributed by atoms with Crippen LogP contribution in [-0.4, -0.2) is 9.97 Å². The minimum atomic E-state index is 0.579. The van der Waals surface area contributed by atoms with Gasteiger partial charge in [0.2, 0.25) is 0 Å². The number of hydrogen-bond acceptors (Lipinski definition) is 3. The van der Waals surface area contributed by atoms with Gasteiger partial charge < -0.3 is 0 Å². The summed E-state index contributed by atoms with van der Waals surface area (Å²) in [6, 6.07) is 2.67. The van der Waals surface area contributed by atoms with E-state index in [4.69, 9.17) is 0 Å². The molecule has 0 spiro atoms. The van der Waals surface area contributed by atoms with Crippen LogP contribution in [0.25, 0.3) is 0 Å². The van der Waals surface area contributed by atoms with Crippen molar-refractivity contribution in [2.45, 2.75) is 5.03 Å². The monoisotopic (exact) mass is 111 g/mol. The first-order chi connectivity index (χ1) is 3.39. The standard InChI is InChI=1S/C4H3N2S/c7-4-1-2-5-3-6-4/h2-3H,(H,5,6,7). The quantitative estimate of drug-likeness (QED) is 0.391. The molecular formula is C4H3N2S. The molecule has 0 saturated carbocycles. The summed E-state index contributed by atoms with van der Waals surface area (Å²) in [5.41, 5.74) is 0. The zero-order valence-corrected chi connectivity index (χ0v) is 4.39. The van der Waals surface area contributed by atoms with Crippen molar-refractivity contribution in [2.24, 2.45) is 0 Å². The van der Waals surface area contributed by atoms with Gasteiger partial charge in [-0.25, -0.2) is 9.97 Å². The Hall–Kier alpha value is -0.570. The van der Waals surface area contributed by atoms with Crippen LogP contribution in [0.3, 0.4) is 0 Å². The molecule has 0 saturated heterocycles. The Labute approximate surface area is 47.0 Å². The van der Waals surface area contributed by atoms with Crippen molar-refractivity contribution in [1.82, 2.24) is 9.97 Å². The van der Waals surface area contributed by atoms with Gasteiger partial charge in [-0.3, -0.25) is 0 Å². The van der Waals surface area contributed by atoms with Crippen LogP contribution >= 0.6 is 12.6 Å². The van der Waals surface area contributed by atoms with E-state index < -0.39 is 0 Å². The zero-order valence-electron chi connectivity index (χ0n) is 3.50. The molecular weight excluding hydrogens is 108 g/mol. The molecule has 1 heterocycles. The SMILES string of the molecule is Sc1[c]cncn1. The van der Waals surface area contributed by atoms with Gasteiger partial charge in [-0.15, -0.1) is 12.6 Å². The first-order valence-electron chi connectivity index (χ1n) is 1.76. The van der Waals surface area contributed by atoms with Crippen LogP contribution in [0.4, 0.5) is 0 Å². The minimum absolute atomic E-state index is 0.579. The maximum atomic E-state index is 3.88. The number of hydrogen-bond donors (Lipinski definition) is 1. The third kappa shape index (κ3) is 1.16. The maximum absolute atomic E-state index is 3.88. The molecule has 3 heteroatoms. The van der Waals surface area contributed by atoms with E-state index in [-0.39, 0.29) is 0 Å². The fraction of sp³-hybridized carbons (Fsp3) is 0. The van der Waals surface area contributed by atoms with Crippen molar-refractivity contribution in [1.29, 1.82) is 0 Å². The van der Waals surface area contributed by atoms with Crippen molar-refractivity contribution in [3.05, 3.63) is 18.6 Å². The fourth-order valence-corrected chi connectivity index (χ4v) is 0.363. The third-order valence-corrected chi connectivity index (χ3v) is 0.759. The van der Waals surface area contributed by atoms with Crippen LogP contribution in [0.5, 0.6) is 0 Å². The van der Waals surface area contributed by atoms with E-state index in [1.165, 1.54) is 12.5 Å². The molecule has 1 rings (SSSR count). The molecule has 0 N–H and O–H groups in total. The highest BCUT2D eigenvalue weighted by Gasteiger charge is 1.76. The van der Waals surface area contributed by atoms with Crippen LogP contribution in [-0.2, 0) is 0 Å². The summed E-state index contributed by atoms with van der Waals surface area (Å²) in [5, 5.41) is 0.579. The lowest BCUT2D eigenvalue weighted by molar-refractivity contribution is 1.05. The summed E-state index contributed by atoms with van der Waals surface area (Å²) in [6.45, 7) is 0. The van der Waals surface area contributed by atoms with E-state index in [1.54, 1.807) is 0 Å². The first kappa shape index (κ1) is 4.59. The number of rotatable bonds is 0. The van der Waals surface area contributed by atoms with Crippen LogP contribution in [0.15, 0.2) is 17.6 Å². The van der Waals surface area contributed by atoms with E-state index >= 15 is 0 Å². The topological polar surface area (TPSA) is 25.8 Å². The summed E-state index contributed by atoms with van der Waals surface area (Å²) in [7, 11) is 0. The molecule has 0 aromatic carbocycles. The van der Waals surface area contributed by atoms with E-state index in [2.05, 4.69) is 28.7 Å². The maximum Gasteiger partial charge on any atom is 0.116 e. The molecule has 2 nitrogen and oxygen atoms in total. The van der Waals surface area contributed by atoms with Gasteiger partial charge in [0.05, 0.1) is 0 Å². The zero-order chi connectivity index (χ0) is 5.11. The Kier molecular flexibility index (Phi) is 1.26. The Balaban J connectivity index is 3.02. The minimum Gasteiger partial charge on any atom is -0.244 e. The second-order valence-electron chi connectivity index (χ2n) is 0.991. The predicted octanol–water partition coefficient (Wildman–Crippen LogP) is 0.565. The third-order valence-electron chi connectivity index (χ3n) is 0.515. The average molecular weight is 111 g/mol. The number of nitrogens with zero attached hydrogens (tertiary/aromatic N) is 2. The van der Waals surface area contributed by atoms with Gasteiger partial charge in [-0.1, -0.05) is 0 Å². The molecule has 7 heavy (non-hydrogen) atoms. The van der Waals surface area contributed by atoms with Gasteiger partial charge in [0, 0.05) is 12.3 Å². The van der Waals surface area contributed by atoms with Crippen molar-refractivity contribution in [3.8, 4) is 0 Å². The Morgan fingerprint density at radius 1 is 1.71 bits per heavy atom. The highest BCUT2D eigenvalue weighted by molar-refractivity contribution is 7.80. The largest absolute Gasteiger partial charge is 0.244 e. The molecule has 0 amide bonds. The van der Waals surface area contributed by atoms with Crippen molar-refractivity contribution in [3.63, 3.8) is 0 Å². The Bertz CT molecular complexity index is 140. The molecule has 0 aliphatic rings. The lowest BCUT2D eigenvalue weighted by Gasteiger charge is -1.79. The molecule has 0 aliphatic heterocycles. The van der Waals surface area contributed by atoms with Crippen molar-refractivity contribution >= 4 is 12.6 Å². The highest BCUT2D eigenvalue weighted by atomic mass is 32.1. The molecule has 0 aliphatic carbocycles. The van der Waals surface area contributed by atoms with E-state index in [1.807, 2.05) is 0 Å². The van der Waals surface area contributed by atoms with Crippen LogP contribution in [0.2, 0.25) is 0 Å². The molecule has 1 aromatic heterocycles. The van der Waals surface area contributed by atoms with Gasteiger partial charge in [0.15, 0.2) is 0 Å². The first-order valence-corrected chi connectivity index (χ1v) is 2.21. The molecule has 0 atom stereocenters. The van der Waals surface area contributed by atoms with E-state index in [9.17, 15) is 0 Å². The van der Waals surface area contributed by atoms with Crippen molar-refractivity contribution < 1.29 is 0 Å². The summed E-state index contributed by atoms with van der Waals surface area (Å²) in [6.07, 6.45) is 2.95. The molecule has 0 fully saturated rings. The summed E-state index contributed by atoms with van der Waals surface area (Å²) in [4.78, 5) is 7.31. The van der Waals surface area contributed by atoms with Crippen LogP contribution in [0.1, 0.15) is 0 Å². The van der Waals surface area contributed by atoms with Crippen LogP contribution in [0, 0.1) is 6.07 Å². The van der Waals surface area contributed by atoms with Gasteiger partial charge in [0.1, 0.15) is 11.4 Å². The van der Waals surface area contributed by atoms with E-state index in [0.717, 1.165) is 0 Å². The lowest BCUT2D eigenvalue weighted by atomic mass is 10.7. The van der Waals surface area contributed by atoms with Gasteiger partial charge in [-0.05, 0) is 0 Å². The summed E-state index contributed by atoms with van der Waals surface area (Å²) in [5.74, 6) is 0. The molecule has 35 valence electrons. The average Bonchev–Trinajstić information content (AvgIpc) is 1.69. The second kappa shape index (κ2) is 1.93. The van der Waals surface area contributed by atoms with Crippen LogP contribution < -0.4 is 0 Å². The second-order valence-corrected chi connectivity index (χ2v) is 1.41. The highest BCUT2D eigenvalue weighted by Crippen LogP contribution is 1.91. The fourth-order valence-electron chi connectivity index (χ4n) is 0.254. The predicted molar refractivity (Wildman–Crippen MR) is 28.1 cm³/mol.